The minimum atomic E-state index is 0.262. The molecule has 0 aliphatic carbocycles. The molecular formula is C14H19N3O. The third-order valence-corrected chi connectivity index (χ3v) is 3.92. The van der Waals surface area contributed by atoms with E-state index in [0.717, 1.165) is 25.0 Å². The lowest BCUT2D eigenvalue weighted by Crippen LogP contribution is -2.31. The molecule has 0 bridgehead atoms. The van der Waals surface area contributed by atoms with E-state index in [1.54, 1.807) is 0 Å². The highest BCUT2D eigenvalue weighted by atomic mass is 16.3. The van der Waals surface area contributed by atoms with Gasteiger partial charge in [0, 0.05) is 19.6 Å². The number of likely N-dealkylation sites (tertiary alicyclic amines) is 1. The maximum Gasteiger partial charge on any atom is 0.0955 e. The van der Waals surface area contributed by atoms with E-state index in [2.05, 4.69) is 28.1 Å². The molecule has 4 nitrogen and oxygen atoms in total. The summed E-state index contributed by atoms with van der Waals surface area (Å²) in [5.41, 5.74) is 3.52. The van der Waals surface area contributed by atoms with Crippen LogP contribution in [0.15, 0.2) is 24.5 Å². The Hall–Kier alpha value is -1.39. The third-order valence-electron chi connectivity index (χ3n) is 3.92. The Morgan fingerprint density at radius 2 is 2.33 bits per heavy atom. The van der Waals surface area contributed by atoms with Gasteiger partial charge in [-0.15, -0.1) is 0 Å². The molecule has 1 aliphatic rings. The highest BCUT2D eigenvalue weighted by Gasteiger charge is 2.24. The summed E-state index contributed by atoms with van der Waals surface area (Å²) in [6.07, 6.45) is 4.15. The summed E-state index contributed by atoms with van der Waals surface area (Å²) in [7, 11) is 2.02. The van der Waals surface area contributed by atoms with E-state index >= 15 is 0 Å². The number of benzene rings is 1. The molecule has 0 saturated carbocycles. The van der Waals surface area contributed by atoms with Crippen LogP contribution in [0.5, 0.6) is 0 Å². The molecule has 3 rings (SSSR count). The van der Waals surface area contributed by atoms with Crippen LogP contribution in [0, 0.1) is 0 Å². The highest BCUT2D eigenvalue weighted by Crippen LogP contribution is 2.23. The first-order valence-electron chi connectivity index (χ1n) is 6.53. The lowest BCUT2D eigenvalue weighted by atomic mass is 10.1. The quantitative estimate of drug-likeness (QED) is 0.891. The van der Waals surface area contributed by atoms with E-state index in [0.29, 0.717) is 6.04 Å². The summed E-state index contributed by atoms with van der Waals surface area (Å²) in [6.45, 7) is 2.23. The molecule has 2 aromatic rings. The molecule has 1 aromatic heterocycles. The van der Waals surface area contributed by atoms with Gasteiger partial charge in [0.2, 0.25) is 0 Å². The minimum absolute atomic E-state index is 0.262. The van der Waals surface area contributed by atoms with Gasteiger partial charge in [-0.25, -0.2) is 4.98 Å². The second-order valence-electron chi connectivity index (χ2n) is 5.09. The fourth-order valence-corrected chi connectivity index (χ4v) is 2.87. The summed E-state index contributed by atoms with van der Waals surface area (Å²) < 4.78 is 2.05. The van der Waals surface area contributed by atoms with Crippen molar-refractivity contribution < 1.29 is 5.11 Å². The number of hydrogen-bond acceptors (Lipinski definition) is 3. The first-order chi connectivity index (χ1) is 8.79. The Labute approximate surface area is 107 Å². The number of para-hydroxylation sites is 1. The molecule has 0 radical (unpaired) electrons. The highest BCUT2D eigenvalue weighted by molar-refractivity contribution is 5.78. The minimum Gasteiger partial charge on any atom is -0.395 e. The van der Waals surface area contributed by atoms with Gasteiger partial charge in [0.15, 0.2) is 0 Å². The number of aliphatic hydroxyl groups is 1. The monoisotopic (exact) mass is 245 g/mol. The largest absolute Gasteiger partial charge is 0.395 e. The van der Waals surface area contributed by atoms with Crippen molar-refractivity contribution in [3.63, 3.8) is 0 Å². The maximum atomic E-state index is 9.37. The van der Waals surface area contributed by atoms with Crippen molar-refractivity contribution in [2.75, 3.05) is 13.2 Å². The van der Waals surface area contributed by atoms with Gasteiger partial charge in [0.25, 0.3) is 0 Å². The molecule has 1 atom stereocenters. The van der Waals surface area contributed by atoms with Gasteiger partial charge < -0.3 is 9.67 Å². The van der Waals surface area contributed by atoms with Crippen LogP contribution in [0.4, 0.5) is 0 Å². The molecule has 0 spiro atoms. The van der Waals surface area contributed by atoms with E-state index in [4.69, 9.17) is 0 Å². The van der Waals surface area contributed by atoms with Gasteiger partial charge in [-0.1, -0.05) is 12.1 Å². The van der Waals surface area contributed by atoms with Crippen LogP contribution >= 0.6 is 0 Å². The fraction of sp³-hybridized carbons (Fsp3) is 0.500. The van der Waals surface area contributed by atoms with Crippen molar-refractivity contribution in [3.8, 4) is 0 Å². The number of hydrogen-bond donors (Lipinski definition) is 1. The standard InChI is InChI=1S/C14H19N3O/c1-16-10-15-14-11(4-2-6-13(14)16)8-17-7-3-5-12(17)9-18/h2,4,6,10,12,18H,3,5,7-9H2,1H3/t12-/m1/s1. The van der Waals surface area contributed by atoms with E-state index in [-0.39, 0.29) is 6.61 Å². The normalized spacial score (nSPS) is 20.9. The Kier molecular flexibility index (Phi) is 3.06. The predicted octanol–water partition coefficient (Wildman–Crippen LogP) is 1.53. The zero-order valence-electron chi connectivity index (χ0n) is 10.7. The van der Waals surface area contributed by atoms with Crippen LogP contribution in [0.1, 0.15) is 18.4 Å². The molecule has 2 heterocycles. The average molecular weight is 245 g/mol. The van der Waals surface area contributed by atoms with Crippen molar-refractivity contribution in [1.82, 2.24) is 14.5 Å². The Morgan fingerprint density at radius 3 is 3.17 bits per heavy atom. The molecule has 18 heavy (non-hydrogen) atoms. The third kappa shape index (κ3) is 1.91. The van der Waals surface area contributed by atoms with Crippen LogP contribution < -0.4 is 0 Å². The molecular weight excluding hydrogens is 226 g/mol. The maximum absolute atomic E-state index is 9.37. The van der Waals surface area contributed by atoms with E-state index in [1.807, 2.05) is 17.9 Å². The molecule has 1 fully saturated rings. The van der Waals surface area contributed by atoms with Gasteiger partial charge in [-0.3, -0.25) is 4.90 Å². The SMILES string of the molecule is Cn1cnc2c(CN3CCC[C@@H]3CO)cccc21. The van der Waals surface area contributed by atoms with Crippen LogP contribution in [0.3, 0.4) is 0 Å². The molecule has 4 heteroatoms. The van der Waals surface area contributed by atoms with E-state index in [9.17, 15) is 5.11 Å². The van der Waals surface area contributed by atoms with E-state index in [1.165, 1.54) is 17.5 Å². The van der Waals surface area contributed by atoms with Crippen molar-refractivity contribution in [3.05, 3.63) is 30.1 Å². The number of fused-ring (bicyclic) bond motifs is 1. The first-order valence-corrected chi connectivity index (χ1v) is 6.53. The number of nitrogens with zero attached hydrogens (tertiary/aromatic N) is 3. The van der Waals surface area contributed by atoms with Gasteiger partial charge in [0.05, 0.1) is 24.0 Å². The van der Waals surface area contributed by atoms with Crippen LogP contribution in [-0.2, 0) is 13.6 Å². The lowest BCUT2D eigenvalue weighted by Gasteiger charge is -2.22. The molecule has 1 aliphatic heterocycles. The van der Waals surface area contributed by atoms with Gasteiger partial charge in [0.1, 0.15) is 0 Å². The number of aromatic nitrogens is 2. The Balaban J connectivity index is 1.90. The molecule has 0 unspecified atom stereocenters. The predicted molar refractivity (Wildman–Crippen MR) is 71.2 cm³/mol. The summed E-state index contributed by atoms with van der Waals surface area (Å²) in [5, 5.41) is 9.37. The number of imidazole rings is 1. The fourth-order valence-electron chi connectivity index (χ4n) is 2.87. The van der Waals surface area contributed by atoms with Crippen LogP contribution in [0.25, 0.3) is 11.0 Å². The second-order valence-corrected chi connectivity index (χ2v) is 5.09. The molecule has 96 valence electrons. The van der Waals surface area contributed by atoms with E-state index < -0.39 is 0 Å². The van der Waals surface area contributed by atoms with Gasteiger partial charge in [-0.2, -0.15) is 0 Å². The van der Waals surface area contributed by atoms with Crippen molar-refractivity contribution in [2.24, 2.45) is 7.05 Å². The Bertz CT molecular complexity index is 549. The lowest BCUT2D eigenvalue weighted by molar-refractivity contribution is 0.154. The van der Waals surface area contributed by atoms with Crippen LogP contribution in [0.2, 0.25) is 0 Å². The number of rotatable bonds is 3. The smallest absolute Gasteiger partial charge is 0.0955 e. The zero-order chi connectivity index (χ0) is 12.5. The van der Waals surface area contributed by atoms with Crippen LogP contribution in [-0.4, -0.2) is 38.8 Å². The molecule has 1 aromatic carbocycles. The summed E-state index contributed by atoms with van der Waals surface area (Å²) in [5.74, 6) is 0. The summed E-state index contributed by atoms with van der Waals surface area (Å²) in [6, 6.07) is 6.65. The number of aliphatic hydroxyl groups excluding tert-OH is 1. The average Bonchev–Trinajstić information content (AvgIpc) is 2.98. The van der Waals surface area contributed by atoms with Crippen molar-refractivity contribution in [2.45, 2.75) is 25.4 Å². The topological polar surface area (TPSA) is 41.3 Å². The molecule has 1 saturated heterocycles. The second kappa shape index (κ2) is 4.71. The summed E-state index contributed by atoms with van der Waals surface area (Å²) >= 11 is 0. The van der Waals surface area contributed by atoms with Crippen molar-refractivity contribution in [1.29, 1.82) is 0 Å². The molecule has 0 amide bonds. The Morgan fingerprint density at radius 1 is 1.44 bits per heavy atom. The zero-order valence-corrected chi connectivity index (χ0v) is 10.7. The summed E-state index contributed by atoms with van der Waals surface area (Å²) in [4.78, 5) is 6.85. The van der Waals surface area contributed by atoms with Gasteiger partial charge in [-0.05, 0) is 31.0 Å². The molecule has 1 N–H and O–H groups in total. The van der Waals surface area contributed by atoms with Gasteiger partial charge >= 0.3 is 0 Å². The first kappa shape index (κ1) is 11.7. The van der Waals surface area contributed by atoms with Crippen molar-refractivity contribution >= 4 is 11.0 Å². The number of aryl methyl sites for hydroxylation is 1.